The van der Waals surface area contributed by atoms with Gasteiger partial charge in [-0.2, -0.15) is 0 Å². The Bertz CT molecular complexity index is 1240. The number of oxime groups is 1. The molecule has 0 spiro atoms. The van der Waals surface area contributed by atoms with Crippen LogP contribution in [0.3, 0.4) is 0 Å². The second-order valence-electron chi connectivity index (χ2n) is 10.1. The van der Waals surface area contributed by atoms with E-state index in [1.807, 2.05) is 25.1 Å². The first kappa shape index (κ1) is 24.4. The van der Waals surface area contributed by atoms with E-state index in [1.54, 1.807) is 7.11 Å². The SMILES string of the molecule is COc1ccc(C)cc1NC(=O)C12CCC(C)(C(=NOC(=O)c3ccc([N+](=O)[O-])cc3)C1)C2(C)C. The maximum Gasteiger partial charge on any atom is 0.365 e. The number of non-ortho nitro benzene ring substituents is 1. The smallest absolute Gasteiger partial charge is 0.365 e. The number of carbonyl (C=O) groups is 2. The highest BCUT2D eigenvalue weighted by atomic mass is 16.7. The van der Waals surface area contributed by atoms with Crippen LogP contribution in [-0.2, 0) is 9.63 Å². The van der Waals surface area contributed by atoms with Crippen molar-refractivity contribution in [3.8, 4) is 5.75 Å². The number of rotatable bonds is 6. The van der Waals surface area contributed by atoms with Gasteiger partial charge in [-0.25, -0.2) is 4.79 Å². The summed E-state index contributed by atoms with van der Waals surface area (Å²) < 4.78 is 5.43. The van der Waals surface area contributed by atoms with Crippen LogP contribution >= 0.6 is 0 Å². The number of anilines is 1. The van der Waals surface area contributed by atoms with Crippen LogP contribution in [0.25, 0.3) is 0 Å². The molecule has 35 heavy (non-hydrogen) atoms. The summed E-state index contributed by atoms with van der Waals surface area (Å²) >= 11 is 0. The minimum atomic E-state index is -0.727. The molecule has 184 valence electrons. The molecule has 2 saturated carbocycles. The van der Waals surface area contributed by atoms with E-state index in [1.165, 1.54) is 24.3 Å². The molecular formula is C26H29N3O6. The summed E-state index contributed by atoms with van der Waals surface area (Å²) in [5.74, 6) is -0.232. The molecule has 0 saturated heterocycles. The molecule has 0 aromatic heterocycles. The summed E-state index contributed by atoms with van der Waals surface area (Å²) in [6, 6.07) is 10.8. The number of carbonyl (C=O) groups excluding carboxylic acids is 2. The maximum absolute atomic E-state index is 13.7. The first-order valence-electron chi connectivity index (χ1n) is 11.4. The van der Waals surface area contributed by atoms with E-state index in [0.29, 0.717) is 30.0 Å². The predicted octanol–water partition coefficient (Wildman–Crippen LogP) is 5.28. The number of aryl methyl sites for hydroxylation is 1. The summed E-state index contributed by atoms with van der Waals surface area (Å²) in [4.78, 5) is 41.8. The quantitative estimate of drug-likeness (QED) is 0.342. The van der Waals surface area contributed by atoms with Gasteiger partial charge in [0.05, 0.1) is 34.4 Å². The maximum atomic E-state index is 13.7. The molecule has 0 heterocycles. The minimum absolute atomic E-state index is 0.109. The van der Waals surface area contributed by atoms with Gasteiger partial charge in [-0.05, 0) is 55.0 Å². The normalized spacial score (nSPS) is 25.3. The molecule has 2 unspecified atom stereocenters. The van der Waals surface area contributed by atoms with Gasteiger partial charge in [0.15, 0.2) is 0 Å². The monoisotopic (exact) mass is 479 g/mol. The lowest BCUT2D eigenvalue weighted by molar-refractivity contribution is -0.384. The predicted molar refractivity (Wildman–Crippen MR) is 130 cm³/mol. The van der Waals surface area contributed by atoms with Crippen LogP contribution in [0.4, 0.5) is 11.4 Å². The number of amides is 1. The van der Waals surface area contributed by atoms with Crippen LogP contribution < -0.4 is 10.1 Å². The molecule has 2 aromatic carbocycles. The van der Waals surface area contributed by atoms with Crippen LogP contribution in [0.15, 0.2) is 47.6 Å². The Morgan fingerprint density at radius 1 is 1.09 bits per heavy atom. The van der Waals surface area contributed by atoms with Crippen LogP contribution in [0.1, 0.15) is 56.0 Å². The molecule has 0 aliphatic heterocycles. The molecule has 2 fully saturated rings. The lowest BCUT2D eigenvalue weighted by atomic mass is 9.64. The molecule has 2 aliphatic rings. The first-order valence-corrected chi connectivity index (χ1v) is 11.4. The Labute approximate surface area is 203 Å². The number of nitro groups is 1. The van der Waals surface area contributed by atoms with Gasteiger partial charge in [0, 0.05) is 24.0 Å². The van der Waals surface area contributed by atoms with Gasteiger partial charge < -0.3 is 14.9 Å². The first-order chi connectivity index (χ1) is 16.4. The van der Waals surface area contributed by atoms with Crippen molar-refractivity contribution in [3.63, 3.8) is 0 Å². The van der Waals surface area contributed by atoms with Gasteiger partial charge in [0.25, 0.3) is 5.69 Å². The fourth-order valence-electron chi connectivity index (χ4n) is 5.55. The number of hydrogen-bond donors (Lipinski definition) is 1. The topological polar surface area (TPSA) is 120 Å². The standard InChI is InChI=1S/C26H29N3O6/c1-16-6-11-20(34-5)19(14-16)27-23(31)26-13-12-25(4,24(26,2)3)21(15-26)28-35-22(30)17-7-9-18(10-8-17)29(32)33/h6-11,14H,12-13,15H2,1-5H3,(H,27,31). The zero-order valence-corrected chi connectivity index (χ0v) is 20.5. The number of nitrogens with zero attached hydrogens (tertiary/aromatic N) is 2. The second-order valence-corrected chi connectivity index (χ2v) is 10.1. The molecule has 9 nitrogen and oxygen atoms in total. The summed E-state index contributed by atoms with van der Waals surface area (Å²) in [6.07, 6.45) is 1.78. The van der Waals surface area contributed by atoms with E-state index in [-0.39, 0.29) is 17.2 Å². The zero-order valence-electron chi connectivity index (χ0n) is 20.5. The number of methoxy groups -OCH3 is 1. The lowest BCUT2D eigenvalue weighted by Gasteiger charge is -2.39. The van der Waals surface area contributed by atoms with E-state index in [9.17, 15) is 19.7 Å². The molecular weight excluding hydrogens is 450 g/mol. The van der Waals surface area contributed by atoms with Crippen molar-refractivity contribution in [1.82, 2.24) is 0 Å². The van der Waals surface area contributed by atoms with Crippen LogP contribution in [-0.4, -0.2) is 29.6 Å². The van der Waals surface area contributed by atoms with Crippen molar-refractivity contribution in [2.75, 3.05) is 12.4 Å². The summed E-state index contributed by atoms with van der Waals surface area (Å²) in [5.41, 5.74) is 0.716. The summed E-state index contributed by atoms with van der Waals surface area (Å²) in [6.45, 7) is 8.13. The summed E-state index contributed by atoms with van der Waals surface area (Å²) in [5, 5.41) is 18.1. The zero-order chi connectivity index (χ0) is 25.6. The number of benzene rings is 2. The van der Waals surface area contributed by atoms with Crippen molar-refractivity contribution in [2.45, 2.75) is 47.0 Å². The number of nitrogens with one attached hydrogen (secondary N) is 1. The molecule has 2 aliphatic carbocycles. The number of fused-ring (bicyclic) bond motifs is 2. The van der Waals surface area contributed by atoms with Crippen molar-refractivity contribution in [1.29, 1.82) is 0 Å². The van der Waals surface area contributed by atoms with Crippen LogP contribution in [0.5, 0.6) is 5.75 Å². The Morgan fingerprint density at radius 3 is 2.40 bits per heavy atom. The molecule has 2 atom stereocenters. The Hall–Kier alpha value is -3.75. The number of ether oxygens (including phenoxy) is 1. The van der Waals surface area contributed by atoms with E-state index < -0.39 is 27.1 Å². The summed E-state index contributed by atoms with van der Waals surface area (Å²) in [7, 11) is 1.56. The van der Waals surface area contributed by atoms with Gasteiger partial charge in [0.1, 0.15) is 5.75 Å². The fourth-order valence-corrected chi connectivity index (χ4v) is 5.55. The third-order valence-corrected chi connectivity index (χ3v) is 8.32. The van der Waals surface area contributed by atoms with Gasteiger partial charge >= 0.3 is 5.97 Å². The molecule has 4 rings (SSSR count). The van der Waals surface area contributed by atoms with Crippen LogP contribution in [0.2, 0.25) is 0 Å². The highest BCUT2D eigenvalue weighted by Crippen LogP contribution is 2.71. The highest BCUT2D eigenvalue weighted by Gasteiger charge is 2.71. The third-order valence-electron chi connectivity index (χ3n) is 8.32. The fraction of sp³-hybridized carbons (Fsp3) is 0.423. The Kier molecular flexibility index (Phi) is 5.91. The molecule has 9 heteroatoms. The van der Waals surface area contributed by atoms with Gasteiger partial charge in [-0.3, -0.25) is 14.9 Å². The molecule has 0 radical (unpaired) electrons. The second kappa shape index (κ2) is 8.48. The van der Waals surface area contributed by atoms with Gasteiger partial charge in [-0.15, -0.1) is 0 Å². The average molecular weight is 480 g/mol. The Morgan fingerprint density at radius 2 is 1.77 bits per heavy atom. The van der Waals surface area contributed by atoms with Crippen molar-refractivity contribution in [2.24, 2.45) is 21.4 Å². The molecule has 2 bridgehead atoms. The van der Waals surface area contributed by atoms with Crippen molar-refractivity contribution < 1.29 is 24.1 Å². The largest absolute Gasteiger partial charge is 0.495 e. The van der Waals surface area contributed by atoms with Crippen LogP contribution in [0, 0.1) is 33.3 Å². The molecule has 1 N–H and O–H groups in total. The molecule has 2 aromatic rings. The lowest BCUT2D eigenvalue weighted by Crippen LogP contribution is -2.43. The van der Waals surface area contributed by atoms with E-state index in [4.69, 9.17) is 9.57 Å². The highest BCUT2D eigenvalue weighted by molar-refractivity contribution is 6.07. The van der Waals surface area contributed by atoms with E-state index in [2.05, 4.69) is 31.2 Å². The Balaban J connectivity index is 1.58. The third kappa shape index (κ3) is 3.75. The van der Waals surface area contributed by atoms with Gasteiger partial charge in [-0.1, -0.05) is 32.0 Å². The van der Waals surface area contributed by atoms with E-state index in [0.717, 1.165) is 12.0 Å². The van der Waals surface area contributed by atoms with Gasteiger partial charge in [0.2, 0.25) is 5.91 Å². The minimum Gasteiger partial charge on any atom is -0.495 e. The number of hydrogen-bond acceptors (Lipinski definition) is 7. The van der Waals surface area contributed by atoms with E-state index >= 15 is 0 Å². The van der Waals surface area contributed by atoms with Crippen molar-refractivity contribution >= 4 is 29.0 Å². The van der Waals surface area contributed by atoms with Crippen molar-refractivity contribution in [3.05, 3.63) is 63.7 Å². The molecule has 1 amide bonds. The number of nitro benzene ring substituents is 1. The average Bonchev–Trinajstić information content (AvgIpc) is 3.13.